The topological polar surface area (TPSA) is 67.6 Å². The third-order valence-electron chi connectivity index (χ3n) is 4.41. The van der Waals surface area contributed by atoms with Gasteiger partial charge in [0, 0.05) is 41.4 Å². The molecule has 0 amide bonds. The smallest absolute Gasteiger partial charge is 0.292 e. The number of nitro groups is 1. The number of halogens is 1. The molecule has 0 bridgehead atoms. The summed E-state index contributed by atoms with van der Waals surface area (Å²) in [4.78, 5) is 13.1. The number of methoxy groups -OCH3 is 1. The van der Waals surface area contributed by atoms with E-state index in [0.29, 0.717) is 11.7 Å². The van der Waals surface area contributed by atoms with E-state index in [-0.39, 0.29) is 10.6 Å². The normalized spacial score (nSPS) is 15.0. The summed E-state index contributed by atoms with van der Waals surface area (Å²) < 4.78 is 6.10. The van der Waals surface area contributed by atoms with Gasteiger partial charge in [-0.05, 0) is 37.1 Å². The Morgan fingerprint density at radius 1 is 1.24 bits per heavy atom. The van der Waals surface area contributed by atoms with Gasteiger partial charge < -0.3 is 15.0 Å². The molecule has 0 aliphatic carbocycles. The van der Waals surface area contributed by atoms with Crippen LogP contribution < -0.4 is 15.0 Å². The van der Waals surface area contributed by atoms with Crippen molar-refractivity contribution in [2.24, 2.45) is 0 Å². The molecule has 6 nitrogen and oxygen atoms in total. The predicted molar refractivity (Wildman–Crippen MR) is 103 cm³/mol. The first kappa shape index (κ1) is 17.5. The van der Waals surface area contributed by atoms with E-state index in [4.69, 9.17) is 4.74 Å². The van der Waals surface area contributed by atoms with Crippen molar-refractivity contribution in [1.82, 2.24) is 0 Å². The summed E-state index contributed by atoms with van der Waals surface area (Å²) in [6.45, 7) is 1.55. The molecular formula is C18H20BrN3O3. The van der Waals surface area contributed by atoms with Gasteiger partial charge in [-0.2, -0.15) is 0 Å². The number of anilines is 2. The number of piperidine rings is 1. The fourth-order valence-electron chi connectivity index (χ4n) is 3.12. The number of nitrogens with zero attached hydrogens (tertiary/aromatic N) is 2. The van der Waals surface area contributed by atoms with Crippen molar-refractivity contribution < 1.29 is 9.66 Å². The molecule has 0 unspecified atom stereocenters. The highest BCUT2D eigenvalue weighted by molar-refractivity contribution is 9.10. The molecule has 1 saturated heterocycles. The van der Waals surface area contributed by atoms with Gasteiger partial charge in [-0.25, -0.2) is 0 Å². The first-order valence-electron chi connectivity index (χ1n) is 8.16. The van der Waals surface area contributed by atoms with Gasteiger partial charge in [0.1, 0.15) is 11.4 Å². The molecule has 132 valence electrons. The number of benzene rings is 2. The number of rotatable bonds is 5. The molecule has 25 heavy (non-hydrogen) atoms. The molecule has 3 rings (SSSR count). The average molecular weight is 406 g/mol. The van der Waals surface area contributed by atoms with Gasteiger partial charge in [-0.15, -0.1) is 0 Å². The summed E-state index contributed by atoms with van der Waals surface area (Å²) in [5, 5.41) is 14.8. The second-order valence-electron chi connectivity index (χ2n) is 6.03. The highest BCUT2D eigenvalue weighted by Crippen LogP contribution is 2.33. The second kappa shape index (κ2) is 7.74. The van der Waals surface area contributed by atoms with Gasteiger partial charge in [0.25, 0.3) is 5.69 Å². The van der Waals surface area contributed by atoms with E-state index < -0.39 is 0 Å². The van der Waals surface area contributed by atoms with Crippen molar-refractivity contribution >= 4 is 33.0 Å². The first-order valence-corrected chi connectivity index (χ1v) is 8.95. The Morgan fingerprint density at radius 2 is 2.00 bits per heavy atom. The van der Waals surface area contributed by atoms with E-state index >= 15 is 0 Å². The lowest BCUT2D eigenvalue weighted by molar-refractivity contribution is -0.384. The molecule has 0 atom stereocenters. The van der Waals surface area contributed by atoms with E-state index in [0.717, 1.165) is 41.8 Å². The fourth-order valence-corrected chi connectivity index (χ4v) is 3.47. The molecule has 1 heterocycles. The zero-order valence-corrected chi connectivity index (χ0v) is 15.5. The van der Waals surface area contributed by atoms with Crippen molar-refractivity contribution in [1.29, 1.82) is 0 Å². The number of hydrogen-bond donors (Lipinski definition) is 1. The summed E-state index contributed by atoms with van der Waals surface area (Å²) >= 11 is 3.41. The SMILES string of the molecule is COc1cccc(NC2CCN(c3cc(Br)ccc3[N+](=O)[O-])CC2)c1. The van der Waals surface area contributed by atoms with Crippen LogP contribution in [0, 0.1) is 10.1 Å². The molecular weight excluding hydrogens is 386 g/mol. The van der Waals surface area contributed by atoms with Crippen molar-refractivity contribution in [2.75, 3.05) is 30.4 Å². The Morgan fingerprint density at radius 3 is 2.68 bits per heavy atom. The van der Waals surface area contributed by atoms with Crippen molar-refractivity contribution in [3.05, 3.63) is 57.1 Å². The molecule has 7 heteroatoms. The van der Waals surface area contributed by atoms with E-state index in [1.165, 1.54) is 0 Å². The predicted octanol–water partition coefficient (Wildman–Crippen LogP) is 4.45. The molecule has 0 spiro atoms. The quantitative estimate of drug-likeness (QED) is 0.587. The molecule has 0 aromatic heterocycles. The number of nitrogens with one attached hydrogen (secondary N) is 1. The van der Waals surface area contributed by atoms with Gasteiger partial charge in [-0.3, -0.25) is 10.1 Å². The zero-order chi connectivity index (χ0) is 17.8. The van der Waals surface area contributed by atoms with Gasteiger partial charge in [0.15, 0.2) is 0 Å². The Kier molecular flexibility index (Phi) is 5.43. The standard InChI is InChI=1S/C18H20BrN3O3/c1-25-16-4-2-3-15(12-16)20-14-7-9-21(10-8-14)18-11-13(19)5-6-17(18)22(23)24/h2-6,11-12,14,20H,7-10H2,1H3. The van der Waals surface area contributed by atoms with E-state index in [1.54, 1.807) is 19.2 Å². The molecule has 2 aromatic carbocycles. The monoisotopic (exact) mass is 405 g/mol. The van der Waals surface area contributed by atoms with Crippen LogP contribution in [0.2, 0.25) is 0 Å². The van der Waals surface area contributed by atoms with E-state index in [9.17, 15) is 10.1 Å². The van der Waals surface area contributed by atoms with Crippen LogP contribution in [0.3, 0.4) is 0 Å². The fraction of sp³-hybridized carbons (Fsp3) is 0.333. The molecule has 0 saturated carbocycles. The maximum atomic E-state index is 11.3. The molecule has 1 fully saturated rings. The lowest BCUT2D eigenvalue weighted by atomic mass is 10.0. The lowest BCUT2D eigenvalue weighted by Gasteiger charge is -2.34. The second-order valence-corrected chi connectivity index (χ2v) is 6.94. The minimum absolute atomic E-state index is 0.155. The number of ether oxygens (including phenoxy) is 1. The lowest BCUT2D eigenvalue weighted by Crippen LogP contribution is -2.39. The highest BCUT2D eigenvalue weighted by atomic mass is 79.9. The van der Waals surface area contributed by atoms with Crippen LogP contribution in [0.15, 0.2) is 46.9 Å². The van der Waals surface area contributed by atoms with Crippen LogP contribution in [0.25, 0.3) is 0 Å². The van der Waals surface area contributed by atoms with Crippen LogP contribution in [0.1, 0.15) is 12.8 Å². The molecule has 2 aromatic rings. The Bertz CT molecular complexity index is 761. The summed E-state index contributed by atoms with van der Waals surface area (Å²) in [6.07, 6.45) is 1.84. The first-order chi connectivity index (χ1) is 12.1. The molecule has 1 aliphatic rings. The van der Waals surface area contributed by atoms with Gasteiger partial charge in [-0.1, -0.05) is 22.0 Å². The Balaban J connectivity index is 1.66. The van der Waals surface area contributed by atoms with Crippen LogP contribution in [0.5, 0.6) is 5.75 Å². The minimum Gasteiger partial charge on any atom is -0.497 e. The Hall–Kier alpha value is -2.28. The summed E-state index contributed by atoms with van der Waals surface area (Å²) in [5.41, 5.74) is 1.87. The molecule has 1 N–H and O–H groups in total. The Labute approximate surface area is 155 Å². The third-order valence-corrected chi connectivity index (χ3v) is 4.90. The van der Waals surface area contributed by atoms with E-state index in [2.05, 4.69) is 26.1 Å². The minimum atomic E-state index is -0.317. The van der Waals surface area contributed by atoms with Gasteiger partial charge in [0.05, 0.1) is 12.0 Å². The summed E-state index contributed by atoms with van der Waals surface area (Å²) in [6, 6.07) is 13.3. The van der Waals surface area contributed by atoms with Crippen molar-refractivity contribution in [3.8, 4) is 5.75 Å². The average Bonchev–Trinajstić information content (AvgIpc) is 2.62. The molecule has 0 radical (unpaired) electrons. The molecule has 1 aliphatic heterocycles. The summed E-state index contributed by atoms with van der Waals surface area (Å²) in [5.74, 6) is 0.826. The van der Waals surface area contributed by atoms with Gasteiger partial charge >= 0.3 is 0 Å². The van der Waals surface area contributed by atoms with Gasteiger partial charge in [0.2, 0.25) is 0 Å². The number of hydrogen-bond acceptors (Lipinski definition) is 5. The van der Waals surface area contributed by atoms with E-state index in [1.807, 2.05) is 30.3 Å². The third kappa shape index (κ3) is 4.22. The van der Waals surface area contributed by atoms with Crippen LogP contribution in [-0.2, 0) is 0 Å². The van der Waals surface area contributed by atoms with Crippen LogP contribution in [0.4, 0.5) is 17.1 Å². The maximum absolute atomic E-state index is 11.3. The maximum Gasteiger partial charge on any atom is 0.292 e. The number of nitro benzene ring substituents is 1. The highest BCUT2D eigenvalue weighted by Gasteiger charge is 2.25. The zero-order valence-electron chi connectivity index (χ0n) is 13.9. The van der Waals surface area contributed by atoms with Crippen molar-refractivity contribution in [3.63, 3.8) is 0 Å². The largest absolute Gasteiger partial charge is 0.497 e. The van der Waals surface area contributed by atoms with Crippen LogP contribution >= 0.6 is 15.9 Å². The van der Waals surface area contributed by atoms with Crippen molar-refractivity contribution in [2.45, 2.75) is 18.9 Å². The van der Waals surface area contributed by atoms with Crippen LogP contribution in [-0.4, -0.2) is 31.2 Å². The summed E-state index contributed by atoms with van der Waals surface area (Å²) in [7, 11) is 1.66.